The Morgan fingerprint density at radius 2 is 1.94 bits per heavy atom. The lowest BCUT2D eigenvalue weighted by atomic mass is 10.0. The second kappa shape index (κ2) is 4.76. The van der Waals surface area contributed by atoms with E-state index in [2.05, 4.69) is 0 Å². The highest BCUT2D eigenvalue weighted by atomic mass is 35.7. The van der Waals surface area contributed by atoms with Crippen molar-refractivity contribution in [3.05, 3.63) is 28.8 Å². The van der Waals surface area contributed by atoms with Crippen molar-refractivity contribution in [3.63, 3.8) is 0 Å². The first-order valence-electron chi connectivity index (χ1n) is 4.40. The molecule has 0 aliphatic rings. The van der Waals surface area contributed by atoms with E-state index in [0.717, 1.165) is 0 Å². The van der Waals surface area contributed by atoms with E-state index in [9.17, 15) is 21.6 Å². The summed E-state index contributed by atoms with van der Waals surface area (Å²) in [6.07, 6.45) is -4.78. The largest absolute Gasteiger partial charge is 0.416 e. The summed E-state index contributed by atoms with van der Waals surface area (Å²) in [6.45, 7) is -0.414. The van der Waals surface area contributed by atoms with Crippen molar-refractivity contribution in [2.24, 2.45) is 5.73 Å². The average molecular weight is 299 g/mol. The Balaban J connectivity index is 3.75. The van der Waals surface area contributed by atoms with Gasteiger partial charge in [0.15, 0.2) is 0 Å². The Hall–Kier alpha value is -1.30. The van der Waals surface area contributed by atoms with Gasteiger partial charge in [-0.3, -0.25) is 0 Å². The van der Waals surface area contributed by atoms with Crippen molar-refractivity contribution in [3.8, 4) is 6.07 Å². The summed E-state index contributed by atoms with van der Waals surface area (Å²) in [4.78, 5) is -0.793. The molecule has 1 rings (SSSR count). The van der Waals surface area contributed by atoms with Crippen molar-refractivity contribution < 1.29 is 21.6 Å². The van der Waals surface area contributed by atoms with E-state index in [0.29, 0.717) is 12.1 Å². The number of nitrogens with zero attached hydrogens (tertiary/aromatic N) is 1. The quantitative estimate of drug-likeness (QED) is 0.846. The number of alkyl halides is 3. The summed E-state index contributed by atoms with van der Waals surface area (Å²) in [5.74, 6) is 0. The van der Waals surface area contributed by atoms with Crippen molar-refractivity contribution in [2.75, 3.05) is 0 Å². The van der Waals surface area contributed by atoms with E-state index >= 15 is 0 Å². The van der Waals surface area contributed by atoms with Gasteiger partial charge in [0.2, 0.25) is 0 Å². The second-order valence-corrected chi connectivity index (χ2v) is 5.79. The van der Waals surface area contributed by atoms with Crippen LogP contribution in [0.4, 0.5) is 13.2 Å². The second-order valence-electron chi connectivity index (χ2n) is 3.25. The number of halogens is 4. The van der Waals surface area contributed by atoms with Crippen LogP contribution < -0.4 is 5.73 Å². The molecule has 2 N–H and O–H groups in total. The molecule has 0 aromatic heterocycles. The van der Waals surface area contributed by atoms with E-state index in [1.807, 2.05) is 0 Å². The highest BCUT2D eigenvalue weighted by molar-refractivity contribution is 8.13. The SMILES string of the molecule is N#Cc1cc(C(F)(F)F)cc(S(=O)(=O)Cl)c1CN. The van der Waals surface area contributed by atoms with Crippen molar-refractivity contribution >= 4 is 19.7 Å². The third-order valence-electron chi connectivity index (χ3n) is 2.12. The molecule has 0 radical (unpaired) electrons. The minimum atomic E-state index is -4.78. The zero-order valence-corrected chi connectivity index (χ0v) is 10.2. The fourth-order valence-corrected chi connectivity index (χ4v) is 2.51. The van der Waals surface area contributed by atoms with Crippen LogP contribution in [0.3, 0.4) is 0 Å². The molecular formula is C9H6ClF3N2O2S. The molecule has 98 valence electrons. The van der Waals surface area contributed by atoms with Crippen LogP contribution in [0.2, 0.25) is 0 Å². The van der Waals surface area contributed by atoms with Crippen LogP contribution in [0.5, 0.6) is 0 Å². The Labute approximate surface area is 105 Å². The lowest BCUT2D eigenvalue weighted by molar-refractivity contribution is -0.137. The molecule has 0 amide bonds. The molecule has 0 aliphatic heterocycles. The van der Waals surface area contributed by atoms with Crippen LogP contribution in [-0.4, -0.2) is 8.42 Å². The fourth-order valence-electron chi connectivity index (χ4n) is 1.34. The van der Waals surface area contributed by atoms with Gasteiger partial charge in [-0.25, -0.2) is 8.42 Å². The van der Waals surface area contributed by atoms with Gasteiger partial charge in [0, 0.05) is 22.8 Å². The molecule has 18 heavy (non-hydrogen) atoms. The summed E-state index contributed by atoms with van der Waals surface area (Å²) in [6, 6.07) is 2.37. The normalized spacial score (nSPS) is 12.2. The lowest BCUT2D eigenvalue weighted by Crippen LogP contribution is -2.12. The molecule has 1 aromatic carbocycles. The van der Waals surface area contributed by atoms with Gasteiger partial charge in [0.25, 0.3) is 9.05 Å². The molecule has 0 fully saturated rings. The molecule has 1 aromatic rings. The number of hydrogen-bond donors (Lipinski definition) is 1. The van der Waals surface area contributed by atoms with Crippen LogP contribution in [0, 0.1) is 11.3 Å². The van der Waals surface area contributed by atoms with Gasteiger partial charge in [-0.2, -0.15) is 18.4 Å². The Kier molecular flexibility index (Phi) is 3.90. The molecule has 0 aliphatic carbocycles. The number of benzene rings is 1. The van der Waals surface area contributed by atoms with Gasteiger partial charge in [-0.15, -0.1) is 0 Å². The van der Waals surface area contributed by atoms with Gasteiger partial charge in [-0.1, -0.05) is 0 Å². The van der Waals surface area contributed by atoms with Gasteiger partial charge < -0.3 is 5.73 Å². The van der Waals surface area contributed by atoms with Crippen LogP contribution in [0.25, 0.3) is 0 Å². The zero-order valence-electron chi connectivity index (χ0n) is 8.62. The molecule has 9 heteroatoms. The summed E-state index contributed by atoms with van der Waals surface area (Å²) in [7, 11) is 0.614. The highest BCUT2D eigenvalue weighted by Crippen LogP contribution is 2.34. The Morgan fingerprint density at radius 1 is 1.39 bits per heavy atom. The topological polar surface area (TPSA) is 84.0 Å². The van der Waals surface area contributed by atoms with Gasteiger partial charge in [0.1, 0.15) is 0 Å². The predicted molar refractivity (Wildman–Crippen MR) is 57.1 cm³/mol. The number of nitrogens with two attached hydrogens (primary N) is 1. The lowest BCUT2D eigenvalue weighted by Gasteiger charge is -2.12. The van der Waals surface area contributed by atoms with E-state index in [-0.39, 0.29) is 5.56 Å². The molecule has 0 spiro atoms. The number of nitriles is 1. The number of hydrogen-bond acceptors (Lipinski definition) is 4. The third kappa shape index (κ3) is 2.93. The van der Waals surface area contributed by atoms with E-state index in [1.165, 1.54) is 6.07 Å². The zero-order chi connectivity index (χ0) is 14.1. The number of rotatable bonds is 2. The fraction of sp³-hybridized carbons (Fsp3) is 0.222. The van der Waals surface area contributed by atoms with Crippen LogP contribution in [0.1, 0.15) is 16.7 Å². The average Bonchev–Trinajstić information content (AvgIpc) is 2.24. The maximum Gasteiger partial charge on any atom is 0.416 e. The van der Waals surface area contributed by atoms with E-state index in [4.69, 9.17) is 21.7 Å². The summed E-state index contributed by atoms with van der Waals surface area (Å²) in [5, 5.41) is 8.72. The smallest absolute Gasteiger partial charge is 0.326 e. The van der Waals surface area contributed by atoms with Crippen molar-refractivity contribution in [1.82, 2.24) is 0 Å². The standard InChI is InChI=1S/C9H6ClF3N2O2S/c10-18(16,17)8-2-6(9(11,12)13)1-5(3-14)7(8)4-15/h1-2H,4,15H2. The molecule has 4 nitrogen and oxygen atoms in total. The molecule has 0 saturated carbocycles. The van der Waals surface area contributed by atoms with E-state index < -0.39 is 37.8 Å². The first-order chi connectivity index (χ1) is 8.11. The van der Waals surface area contributed by atoms with Crippen LogP contribution in [-0.2, 0) is 21.8 Å². The van der Waals surface area contributed by atoms with Crippen molar-refractivity contribution in [2.45, 2.75) is 17.6 Å². The molecular weight excluding hydrogens is 293 g/mol. The van der Waals surface area contributed by atoms with E-state index in [1.54, 1.807) is 0 Å². The summed E-state index contributed by atoms with van der Waals surface area (Å²) in [5.41, 5.74) is 3.26. The van der Waals surface area contributed by atoms with Crippen LogP contribution >= 0.6 is 10.7 Å². The third-order valence-corrected chi connectivity index (χ3v) is 3.51. The summed E-state index contributed by atoms with van der Waals surface area (Å²) >= 11 is 0. The Bertz CT molecular complexity index is 620. The molecule has 0 unspecified atom stereocenters. The highest BCUT2D eigenvalue weighted by Gasteiger charge is 2.33. The Morgan fingerprint density at radius 3 is 2.28 bits per heavy atom. The van der Waals surface area contributed by atoms with Gasteiger partial charge in [-0.05, 0) is 12.1 Å². The van der Waals surface area contributed by atoms with Gasteiger partial charge in [0.05, 0.1) is 22.1 Å². The molecule has 0 bridgehead atoms. The first kappa shape index (κ1) is 14.8. The van der Waals surface area contributed by atoms with Crippen molar-refractivity contribution in [1.29, 1.82) is 5.26 Å². The molecule has 0 saturated heterocycles. The summed E-state index contributed by atoms with van der Waals surface area (Å²) < 4.78 is 60.0. The molecule has 0 atom stereocenters. The van der Waals surface area contributed by atoms with Crippen LogP contribution in [0.15, 0.2) is 17.0 Å². The maximum atomic E-state index is 12.5. The minimum Gasteiger partial charge on any atom is -0.326 e. The monoisotopic (exact) mass is 298 g/mol. The molecule has 0 heterocycles. The maximum absolute atomic E-state index is 12.5. The first-order valence-corrected chi connectivity index (χ1v) is 6.71. The van der Waals surface area contributed by atoms with Gasteiger partial charge >= 0.3 is 6.18 Å². The minimum absolute atomic E-state index is 0.236. The predicted octanol–water partition coefficient (Wildman–Crippen LogP) is 1.96.